The highest BCUT2D eigenvalue weighted by Gasteiger charge is 2.55. The second-order valence-corrected chi connectivity index (χ2v) is 10.0. The second kappa shape index (κ2) is 6.63. The minimum atomic E-state index is -0.544. The Morgan fingerprint density at radius 1 is 1.19 bits per heavy atom. The molecule has 4 saturated carbocycles. The smallest absolute Gasteiger partial charge is 0.271 e. The highest BCUT2D eigenvalue weighted by Crippen LogP contribution is 2.60. The molecule has 4 aliphatic rings. The van der Waals surface area contributed by atoms with Crippen molar-refractivity contribution in [3.8, 4) is 0 Å². The number of nitrogens with one attached hydrogen (secondary N) is 1. The monoisotopic (exact) mass is 375 g/mol. The average molecular weight is 376 g/mol. The van der Waals surface area contributed by atoms with Crippen LogP contribution < -0.4 is 10.1 Å². The zero-order valence-electron chi connectivity index (χ0n) is 15.9. The first-order valence-electron chi connectivity index (χ1n) is 9.86. The van der Waals surface area contributed by atoms with Crippen molar-refractivity contribution in [2.75, 3.05) is 0 Å². The molecular weight excluding hydrogens is 346 g/mol. The minimum Gasteiger partial charge on any atom is -0.343 e. The molecule has 26 heavy (non-hydrogen) atoms. The number of carbonyl (C=O) groups excluding carboxylic acids is 2. The van der Waals surface area contributed by atoms with E-state index in [-0.39, 0.29) is 23.1 Å². The van der Waals surface area contributed by atoms with E-state index in [0.29, 0.717) is 4.80 Å². The fraction of sp³-hybridized carbons (Fsp3) is 0.750. The van der Waals surface area contributed by atoms with Crippen LogP contribution in [0, 0.1) is 29.1 Å². The summed E-state index contributed by atoms with van der Waals surface area (Å²) in [6.45, 7) is 3.96. The Bertz CT molecular complexity index is 741. The average Bonchev–Trinajstić information content (AvgIpc) is 2.95. The van der Waals surface area contributed by atoms with Crippen LogP contribution in [-0.4, -0.2) is 22.4 Å². The largest absolute Gasteiger partial charge is 0.343 e. The van der Waals surface area contributed by atoms with E-state index in [0.717, 1.165) is 37.0 Å². The lowest BCUT2D eigenvalue weighted by Crippen LogP contribution is -2.57. The molecule has 4 aliphatic carbocycles. The highest BCUT2D eigenvalue weighted by molar-refractivity contribution is 7.07. The molecule has 1 aromatic rings. The SMILES string of the molecule is CC(C)[C@H](NC(=O)C12CC3CC(CC(C3)C1)C2)C(=O)N=c1sccn1C. The lowest BCUT2D eigenvalue weighted by atomic mass is 9.49. The zero-order valence-corrected chi connectivity index (χ0v) is 16.7. The number of aryl methyl sites for hydroxylation is 1. The summed E-state index contributed by atoms with van der Waals surface area (Å²) >= 11 is 1.44. The van der Waals surface area contributed by atoms with Gasteiger partial charge in [0, 0.05) is 24.0 Å². The van der Waals surface area contributed by atoms with Gasteiger partial charge < -0.3 is 9.88 Å². The van der Waals surface area contributed by atoms with Crippen LogP contribution in [0.3, 0.4) is 0 Å². The molecule has 0 unspecified atom stereocenters. The maximum Gasteiger partial charge on any atom is 0.271 e. The number of nitrogens with zero attached hydrogens (tertiary/aromatic N) is 2. The van der Waals surface area contributed by atoms with Gasteiger partial charge in [-0.2, -0.15) is 4.99 Å². The number of carbonyl (C=O) groups is 2. The van der Waals surface area contributed by atoms with Crippen LogP contribution in [-0.2, 0) is 16.6 Å². The third-order valence-corrected chi connectivity index (χ3v) is 7.55. The van der Waals surface area contributed by atoms with E-state index in [1.54, 1.807) is 0 Å². The van der Waals surface area contributed by atoms with E-state index in [4.69, 9.17) is 0 Å². The predicted molar refractivity (Wildman–Crippen MR) is 101 cm³/mol. The van der Waals surface area contributed by atoms with Crippen molar-refractivity contribution >= 4 is 23.2 Å². The summed E-state index contributed by atoms with van der Waals surface area (Å²) in [5.41, 5.74) is -0.226. The summed E-state index contributed by atoms with van der Waals surface area (Å²) in [4.78, 5) is 31.0. The van der Waals surface area contributed by atoms with Crippen molar-refractivity contribution < 1.29 is 9.59 Å². The molecule has 1 N–H and O–H groups in total. The molecule has 4 bridgehead atoms. The van der Waals surface area contributed by atoms with Gasteiger partial charge in [-0.25, -0.2) is 0 Å². The van der Waals surface area contributed by atoms with E-state index < -0.39 is 6.04 Å². The van der Waals surface area contributed by atoms with Gasteiger partial charge in [-0.1, -0.05) is 13.8 Å². The fourth-order valence-electron chi connectivity index (χ4n) is 5.80. The molecule has 5 rings (SSSR count). The Morgan fingerprint density at radius 2 is 1.77 bits per heavy atom. The van der Waals surface area contributed by atoms with Crippen LogP contribution in [0.25, 0.3) is 0 Å². The molecule has 0 aliphatic heterocycles. The molecule has 6 heteroatoms. The van der Waals surface area contributed by atoms with Crippen molar-refractivity contribution in [3.05, 3.63) is 16.4 Å². The molecule has 0 radical (unpaired) electrons. The zero-order chi connectivity index (χ0) is 18.5. The summed E-state index contributed by atoms with van der Waals surface area (Å²) < 4.78 is 1.83. The van der Waals surface area contributed by atoms with E-state index in [1.807, 2.05) is 37.0 Å². The van der Waals surface area contributed by atoms with Crippen molar-refractivity contribution in [1.82, 2.24) is 9.88 Å². The van der Waals surface area contributed by atoms with Crippen molar-refractivity contribution in [3.63, 3.8) is 0 Å². The maximum atomic E-state index is 13.3. The normalized spacial score (nSPS) is 34.3. The fourth-order valence-corrected chi connectivity index (χ4v) is 6.53. The predicted octanol–water partition coefficient (Wildman–Crippen LogP) is 2.87. The van der Waals surface area contributed by atoms with E-state index in [2.05, 4.69) is 10.3 Å². The topological polar surface area (TPSA) is 63.5 Å². The quantitative estimate of drug-likeness (QED) is 0.879. The number of hydrogen-bond donors (Lipinski definition) is 1. The maximum absolute atomic E-state index is 13.3. The molecule has 1 atom stereocenters. The molecule has 0 aromatic carbocycles. The Kier molecular flexibility index (Phi) is 4.58. The van der Waals surface area contributed by atoms with Crippen LogP contribution in [0.1, 0.15) is 52.4 Å². The third-order valence-electron chi connectivity index (χ3n) is 6.70. The first-order valence-corrected chi connectivity index (χ1v) is 10.7. The standard InChI is InChI=1S/C20H29N3O2S/c1-12(2)16(17(24)22-19-23(3)4-5-26-19)21-18(25)20-9-13-6-14(10-20)8-15(7-13)11-20/h4-5,12-16H,6-11H2,1-3H3,(H,21,25)/t13?,14?,15?,16-,20?/m0/s1. The summed E-state index contributed by atoms with van der Waals surface area (Å²) in [5, 5.41) is 5.03. The van der Waals surface area contributed by atoms with E-state index in [1.165, 1.54) is 30.6 Å². The molecule has 0 spiro atoms. The Hall–Kier alpha value is -1.43. The van der Waals surface area contributed by atoms with Crippen molar-refractivity contribution in [2.24, 2.45) is 41.1 Å². The van der Waals surface area contributed by atoms with Gasteiger partial charge in [0.2, 0.25) is 5.91 Å². The summed E-state index contributed by atoms with van der Waals surface area (Å²) in [5.74, 6) is 2.04. The molecular formula is C20H29N3O2S. The van der Waals surface area contributed by atoms with Crippen LogP contribution in [0.5, 0.6) is 0 Å². The molecule has 4 fully saturated rings. The number of hydrogen-bond acceptors (Lipinski definition) is 3. The Balaban J connectivity index is 1.53. The second-order valence-electron chi connectivity index (χ2n) is 9.14. The lowest BCUT2D eigenvalue weighted by Gasteiger charge is -2.55. The first kappa shape index (κ1) is 18.0. The van der Waals surface area contributed by atoms with Gasteiger partial charge in [-0.15, -0.1) is 11.3 Å². The van der Waals surface area contributed by atoms with Gasteiger partial charge in [0.15, 0.2) is 4.80 Å². The molecule has 5 nitrogen and oxygen atoms in total. The van der Waals surface area contributed by atoms with Crippen LogP contribution in [0.2, 0.25) is 0 Å². The molecule has 1 aromatic heterocycles. The van der Waals surface area contributed by atoms with E-state index >= 15 is 0 Å². The highest BCUT2D eigenvalue weighted by atomic mass is 32.1. The minimum absolute atomic E-state index is 0.0226. The van der Waals surface area contributed by atoms with Gasteiger partial charge in [-0.05, 0) is 62.2 Å². The Morgan fingerprint density at radius 3 is 2.23 bits per heavy atom. The van der Waals surface area contributed by atoms with Crippen LogP contribution in [0.15, 0.2) is 16.6 Å². The number of rotatable bonds is 4. The van der Waals surface area contributed by atoms with Crippen LogP contribution >= 0.6 is 11.3 Å². The number of amides is 2. The summed E-state index contributed by atoms with van der Waals surface area (Å²) in [6.07, 6.45) is 8.85. The van der Waals surface area contributed by atoms with Gasteiger partial charge in [0.1, 0.15) is 6.04 Å². The third kappa shape index (κ3) is 3.17. The van der Waals surface area contributed by atoms with Gasteiger partial charge >= 0.3 is 0 Å². The molecule has 0 saturated heterocycles. The number of aromatic nitrogens is 1. The Labute approximate surface area is 158 Å². The van der Waals surface area contributed by atoms with Gasteiger partial charge in [0.25, 0.3) is 5.91 Å². The van der Waals surface area contributed by atoms with Gasteiger partial charge in [-0.3, -0.25) is 9.59 Å². The molecule has 142 valence electrons. The summed E-state index contributed by atoms with van der Waals surface area (Å²) in [6, 6.07) is -0.544. The first-order chi connectivity index (χ1) is 12.4. The lowest BCUT2D eigenvalue weighted by molar-refractivity contribution is -0.148. The van der Waals surface area contributed by atoms with Crippen molar-refractivity contribution in [1.29, 1.82) is 0 Å². The van der Waals surface area contributed by atoms with E-state index in [9.17, 15) is 9.59 Å². The van der Waals surface area contributed by atoms with Crippen molar-refractivity contribution in [2.45, 2.75) is 58.4 Å². The summed E-state index contributed by atoms with van der Waals surface area (Å²) in [7, 11) is 1.88. The van der Waals surface area contributed by atoms with Gasteiger partial charge in [0.05, 0.1) is 0 Å². The molecule has 1 heterocycles. The number of thiazole rings is 1. The van der Waals surface area contributed by atoms with Crippen LogP contribution in [0.4, 0.5) is 0 Å². The molecule has 2 amide bonds.